The summed E-state index contributed by atoms with van der Waals surface area (Å²) in [5.74, 6) is -0.368. The normalized spacial score (nSPS) is 17.7. The van der Waals surface area contributed by atoms with Crippen LogP contribution in [-0.4, -0.2) is 50.3 Å². The summed E-state index contributed by atoms with van der Waals surface area (Å²) in [6.07, 6.45) is 7.29. The molecule has 1 aliphatic rings. The van der Waals surface area contributed by atoms with Crippen molar-refractivity contribution in [1.29, 1.82) is 0 Å². The maximum Gasteiger partial charge on any atom is 0.243 e. The van der Waals surface area contributed by atoms with Crippen molar-refractivity contribution in [3.63, 3.8) is 0 Å². The zero-order valence-electron chi connectivity index (χ0n) is 17.9. The summed E-state index contributed by atoms with van der Waals surface area (Å²) in [6.45, 7) is 0.532. The van der Waals surface area contributed by atoms with Crippen LogP contribution in [0.4, 0.5) is 0 Å². The molecule has 0 radical (unpaired) electrons. The Balaban J connectivity index is 1.46. The summed E-state index contributed by atoms with van der Waals surface area (Å²) in [4.78, 5) is 39.3. The number of imidazole rings is 1. The van der Waals surface area contributed by atoms with E-state index >= 15 is 0 Å². The Labute approximate surface area is 187 Å². The Morgan fingerprint density at radius 2 is 1.97 bits per heavy atom. The zero-order chi connectivity index (χ0) is 22.3. The third-order valence-electron chi connectivity index (χ3n) is 5.81. The molecule has 4 rings (SSSR count). The molecule has 3 heterocycles. The highest BCUT2D eigenvalue weighted by atomic mass is 16.2. The molecule has 0 aliphatic carbocycles. The van der Waals surface area contributed by atoms with Crippen molar-refractivity contribution >= 4 is 11.8 Å². The van der Waals surface area contributed by atoms with Gasteiger partial charge in [-0.05, 0) is 30.5 Å². The Morgan fingerprint density at radius 1 is 1.16 bits per heavy atom. The second-order valence-corrected chi connectivity index (χ2v) is 8.07. The monoisotopic (exact) mass is 432 g/mol. The number of carbonyl (C=O) groups is 2. The predicted octanol–water partition coefficient (Wildman–Crippen LogP) is 1.77. The van der Waals surface area contributed by atoms with E-state index in [0.717, 1.165) is 23.4 Å². The lowest BCUT2D eigenvalue weighted by atomic mass is 10.0. The van der Waals surface area contributed by atoms with Gasteiger partial charge in [0, 0.05) is 43.2 Å². The van der Waals surface area contributed by atoms with Crippen molar-refractivity contribution in [1.82, 2.24) is 25.2 Å². The first-order chi connectivity index (χ1) is 15.6. The van der Waals surface area contributed by atoms with E-state index in [0.29, 0.717) is 25.8 Å². The summed E-state index contributed by atoms with van der Waals surface area (Å²) < 4.78 is 0. The fraction of sp³-hybridized carbons (Fsp3) is 0.333. The first kappa shape index (κ1) is 21.7. The molecule has 8 heteroatoms. The highest BCUT2D eigenvalue weighted by Gasteiger charge is 2.37. The average Bonchev–Trinajstić information content (AvgIpc) is 3.51. The predicted molar refractivity (Wildman–Crippen MR) is 120 cm³/mol. The maximum absolute atomic E-state index is 13.3. The topological polar surface area (TPSA) is 117 Å². The van der Waals surface area contributed by atoms with Crippen molar-refractivity contribution in [2.45, 2.75) is 43.8 Å². The molecule has 1 fully saturated rings. The van der Waals surface area contributed by atoms with Gasteiger partial charge in [0.05, 0.1) is 18.4 Å². The van der Waals surface area contributed by atoms with Crippen LogP contribution in [0.25, 0.3) is 0 Å². The Hall–Kier alpha value is -3.52. The number of nitrogens with zero attached hydrogens (tertiary/aromatic N) is 3. The molecule has 0 spiro atoms. The zero-order valence-corrected chi connectivity index (χ0v) is 17.9. The van der Waals surface area contributed by atoms with Gasteiger partial charge in [0.2, 0.25) is 11.8 Å². The highest BCUT2D eigenvalue weighted by Crippen LogP contribution is 2.22. The summed E-state index contributed by atoms with van der Waals surface area (Å²) in [5.41, 5.74) is 8.85. The SMILES string of the molecule is NC(Cc1cnc[nH]1)C(=O)N1CCCC1C(=O)NC(Cc1ccccn1)c1ccccc1. The second-order valence-electron chi connectivity index (χ2n) is 8.07. The maximum atomic E-state index is 13.3. The van der Waals surface area contributed by atoms with Crippen LogP contribution < -0.4 is 11.1 Å². The van der Waals surface area contributed by atoms with Gasteiger partial charge in [0.15, 0.2) is 0 Å². The third-order valence-corrected chi connectivity index (χ3v) is 5.81. The number of benzene rings is 1. The van der Waals surface area contributed by atoms with E-state index in [1.807, 2.05) is 48.5 Å². The number of hydrogen-bond acceptors (Lipinski definition) is 5. The van der Waals surface area contributed by atoms with Crippen molar-refractivity contribution < 1.29 is 9.59 Å². The highest BCUT2D eigenvalue weighted by molar-refractivity contribution is 5.90. The molecule has 3 aromatic rings. The number of nitrogens with one attached hydrogen (secondary N) is 2. The lowest BCUT2D eigenvalue weighted by Gasteiger charge is -2.28. The van der Waals surface area contributed by atoms with Crippen molar-refractivity contribution in [3.8, 4) is 0 Å². The van der Waals surface area contributed by atoms with Crippen LogP contribution in [0.1, 0.15) is 35.8 Å². The number of H-pyrrole nitrogens is 1. The number of hydrogen-bond donors (Lipinski definition) is 3. The van der Waals surface area contributed by atoms with Crippen LogP contribution in [0.3, 0.4) is 0 Å². The number of nitrogens with two attached hydrogens (primary N) is 1. The van der Waals surface area contributed by atoms with Crippen molar-refractivity contribution in [3.05, 3.63) is 84.2 Å². The molecular weight excluding hydrogens is 404 g/mol. The van der Waals surface area contributed by atoms with E-state index in [2.05, 4.69) is 20.3 Å². The second kappa shape index (κ2) is 10.2. The first-order valence-electron chi connectivity index (χ1n) is 10.9. The Bertz CT molecular complexity index is 1010. The van der Waals surface area contributed by atoms with E-state index in [9.17, 15) is 9.59 Å². The van der Waals surface area contributed by atoms with Crippen LogP contribution >= 0.6 is 0 Å². The first-order valence-corrected chi connectivity index (χ1v) is 10.9. The molecule has 0 saturated carbocycles. The Morgan fingerprint density at radius 3 is 2.69 bits per heavy atom. The number of aromatic nitrogens is 3. The standard InChI is InChI=1S/C24H28N6O2/c25-20(13-19-15-26-16-28-19)24(32)30-12-6-10-22(30)23(31)29-21(17-7-2-1-3-8-17)14-18-9-4-5-11-27-18/h1-5,7-9,11,15-16,20-22H,6,10,12-14,25H2,(H,26,28)(H,29,31). The van der Waals surface area contributed by atoms with Crippen LogP contribution in [0, 0.1) is 0 Å². The van der Waals surface area contributed by atoms with Gasteiger partial charge in [-0.2, -0.15) is 0 Å². The van der Waals surface area contributed by atoms with Gasteiger partial charge in [-0.1, -0.05) is 36.4 Å². The summed E-state index contributed by atoms with van der Waals surface area (Å²) in [7, 11) is 0. The molecule has 1 aliphatic heterocycles. The number of carbonyl (C=O) groups excluding carboxylic acids is 2. The number of likely N-dealkylation sites (tertiary alicyclic amines) is 1. The van der Waals surface area contributed by atoms with Gasteiger partial charge < -0.3 is 20.9 Å². The lowest BCUT2D eigenvalue weighted by Crippen LogP contribution is -2.52. The minimum atomic E-state index is -0.720. The van der Waals surface area contributed by atoms with E-state index in [1.54, 1.807) is 23.6 Å². The van der Waals surface area contributed by atoms with E-state index in [1.165, 1.54) is 0 Å². The molecule has 2 amide bonds. The molecule has 32 heavy (non-hydrogen) atoms. The molecule has 2 aromatic heterocycles. The molecule has 4 N–H and O–H groups in total. The summed E-state index contributed by atoms with van der Waals surface area (Å²) >= 11 is 0. The molecule has 166 valence electrons. The molecule has 3 unspecified atom stereocenters. The van der Waals surface area contributed by atoms with Crippen molar-refractivity contribution in [2.75, 3.05) is 6.54 Å². The van der Waals surface area contributed by atoms with Crippen LogP contribution in [-0.2, 0) is 22.4 Å². The fourth-order valence-electron chi connectivity index (χ4n) is 4.17. The molecule has 1 saturated heterocycles. The van der Waals surface area contributed by atoms with E-state index in [-0.39, 0.29) is 17.9 Å². The number of aromatic amines is 1. The Kier molecular flexibility index (Phi) is 6.91. The van der Waals surface area contributed by atoms with Crippen molar-refractivity contribution in [2.24, 2.45) is 5.73 Å². The minimum absolute atomic E-state index is 0.158. The quantitative estimate of drug-likeness (QED) is 0.502. The van der Waals surface area contributed by atoms with E-state index < -0.39 is 12.1 Å². The number of pyridine rings is 1. The lowest BCUT2D eigenvalue weighted by molar-refractivity contribution is -0.139. The minimum Gasteiger partial charge on any atom is -0.348 e. The largest absolute Gasteiger partial charge is 0.348 e. The van der Waals surface area contributed by atoms with Gasteiger partial charge in [-0.15, -0.1) is 0 Å². The molecular formula is C24H28N6O2. The van der Waals surface area contributed by atoms with Crippen LogP contribution in [0.5, 0.6) is 0 Å². The molecule has 3 atom stereocenters. The summed E-state index contributed by atoms with van der Waals surface area (Å²) in [5, 5.41) is 3.16. The molecule has 8 nitrogen and oxygen atoms in total. The van der Waals surface area contributed by atoms with Crippen LogP contribution in [0.15, 0.2) is 67.3 Å². The van der Waals surface area contributed by atoms with Gasteiger partial charge in [-0.3, -0.25) is 14.6 Å². The number of rotatable bonds is 8. The average molecular weight is 433 g/mol. The van der Waals surface area contributed by atoms with E-state index in [4.69, 9.17) is 5.73 Å². The molecule has 0 bridgehead atoms. The third kappa shape index (κ3) is 5.20. The van der Waals surface area contributed by atoms with Gasteiger partial charge in [0.1, 0.15) is 6.04 Å². The van der Waals surface area contributed by atoms with Gasteiger partial charge in [-0.25, -0.2) is 4.98 Å². The van der Waals surface area contributed by atoms with Gasteiger partial charge >= 0.3 is 0 Å². The number of amides is 2. The van der Waals surface area contributed by atoms with Crippen LogP contribution in [0.2, 0.25) is 0 Å². The molecule has 1 aromatic carbocycles. The summed E-state index contributed by atoms with van der Waals surface area (Å²) in [6, 6.07) is 14.1. The fourth-order valence-corrected chi connectivity index (χ4v) is 4.17. The smallest absolute Gasteiger partial charge is 0.243 e. The van der Waals surface area contributed by atoms with Gasteiger partial charge in [0.25, 0.3) is 0 Å².